The van der Waals surface area contributed by atoms with Crippen LogP contribution in [0.3, 0.4) is 0 Å². The van der Waals surface area contributed by atoms with Gasteiger partial charge in [-0.2, -0.15) is 0 Å². The average Bonchev–Trinajstić information content (AvgIpc) is 2.54. The van der Waals surface area contributed by atoms with Crippen molar-refractivity contribution in [1.29, 1.82) is 0 Å². The SMILES string of the molecule is COc1ccc(CN(C)C(=O)NCc2ccccc2C)cc1O. The molecule has 0 atom stereocenters. The summed E-state index contributed by atoms with van der Waals surface area (Å²) in [5.41, 5.74) is 3.07. The predicted octanol–water partition coefficient (Wildman–Crippen LogP) is 3.05. The van der Waals surface area contributed by atoms with Gasteiger partial charge in [-0.05, 0) is 35.7 Å². The lowest BCUT2D eigenvalue weighted by Gasteiger charge is -2.19. The van der Waals surface area contributed by atoms with Gasteiger partial charge in [0.15, 0.2) is 11.5 Å². The molecule has 0 heterocycles. The first-order valence-electron chi connectivity index (χ1n) is 7.40. The van der Waals surface area contributed by atoms with Crippen LogP contribution in [0, 0.1) is 6.92 Å². The number of nitrogens with one attached hydrogen (secondary N) is 1. The first kappa shape index (κ1) is 16.7. The van der Waals surface area contributed by atoms with E-state index >= 15 is 0 Å². The number of rotatable bonds is 5. The van der Waals surface area contributed by atoms with Crippen LogP contribution >= 0.6 is 0 Å². The van der Waals surface area contributed by atoms with Crippen LogP contribution in [0.1, 0.15) is 16.7 Å². The third-order valence-electron chi connectivity index (χ3n) is 3.70. The number of aryl methyl sites for hydroxylation is 1. The lowest BCUT2D eigenvalue weighted by molar-refractivity contribution is 0.206. The zero-order chi connectivity index (χ0) is 16.8. The number of aromatic hydroxyl groups is 1. The third-order valence-corrected chi connectivity index (χ3v) is 3.70. The van der Waals surface area contributed by atoms with Crippen LogP contribution in [0.15, 0.2) is 42.5 Å². The molecule has 0 radical (unpaired) electrons. The van der Waals surface area contributed by atoms with Crippen LogP contribution in [-0.2, 0) is 13.1 Å². The van der Waals surface area contributed by atoms with Crippen molar-refractivity contribution in [3.05, 3.63) is 59.2 Å². The monoisotopic (exact) mass is 314 g/mol. The molecule has 0 fully saturated rings. The van der Waals surface area contributed by atoms with Crippen molar-refractivity contribution in [2.24, 2.45) is 0 Å². The normalized spacial score (nSPS) is 10.2. The van der Waals surface area contributed by atoms with Gasteiger partial charge in [-0.1, -0.05) is 30.3 Å². The lowest BCUT2D eigenvalue weighted by atomic mass is 10.1. The zero-order valence-electron chi connectivity index (χ0n) is 13.7. The van der Waals surface area contributed by atoms with E-state index in [1.165, 1.54) is 7.11 Å². The molecule has 2 amide bonds. The van der Waals surface area contributed by atoms with Gasteiger partial charge in [0.1, 0.15) is 0 Å². The molecule has 0 spiro atoms. The molecule has 0 aliphatic rings. The number of hydrogen-bond donors (Lipinski definition) is 2. The topological polar surface area (TPSA) is 61.8 Å². The second kappa shape index (κ2) is 7.54. The molecule has 0 bridgehead atoms. The van der Waals surface area contributed by atoms with Crippen molar-refractivity contribution in [3.8, 4) is 11.5 Å². The highest BCUT2D eigenvalue weighted by Crippen LogP contribution is 2.26. The molecule has 0 aliphatic carbocycles. The summed E-state index contributed by atoms with van der Waals surface area (Å²) in [5, 5.41) is 12.7. The Morgan fingerprint density at radius 1 is 1.26 bits per heavy atom. The molecule has 122 valence electrons. The molecule has 2 rings (SSSR count). The summed E-state index contributed by atoms with van der Waals surface area (Å²) in [5.74, 6) is 0.485. The summed E-state index contributed by atoms with van der Waals surface area (Å²) in [6, 6.07) is 12.9. The number of phenolic OH excluding ortho intramolecular Hbond substituents is 1. The summed E-state index contributed by atoms with van der Waals surface area (Å²) in [7, 11) is 3.22. The largest absolute Gasteiger partial charge is 0.504 e. The number of nitrogens with zero attached hydrogens (tertiary/aromatic N) is 1. The number of ether oxygens (including phenoxy) is 1. The molecule has 0 aromatic heterocycles. The van der Waals surface area contributed by atoms with Crippen molar-refractivity contribution in [1.82, 2.24) is 10.2 Å². The molecule has 23 heavy (non-hydrogen) atoms. The Balaban J connectivity index is 1.92. The predicted molar refractivity (Wildman–Crippen MR) is 89.5 cm³/mol. The maximum Gasteiger partial charge on any atom is 0.317 e. The first-order valence-corrected chi connectivity index (χ1v) is 7.40. The Hall–Kier alpha value is -2.69. The van der Waals surface area contributed by atoms with Crippen LogP contribution in [0.25, 0.3) is 0 Å². The molecule has 2 aromatic rings. The third kappa shape index (κ3) is 4.39. The molecule has 5 heteroatoms. The first-order chi connectivity index (χ1) is 11.0. The molecule has 0 aliphatic heterocycles. The molecular formula is C18H22N2O3. The smallest absolute Gasteiger partial charge is 0.317 e. The minimum absolute atomic E-state index is 0.0683. The van der Waals surface area contributed by atoms with Gasteiger partial charge in [-0.3, -0.25) is 0 Å². The van der Waals surface area contributed by atoms with Gasteiger partial charge < -0.3 is 20.1 Å². The fraction of sp³-hybridized carbons (Fsp3) is 0.278. The fourth-order valence-corrected chi connectivity index (χ4v) is 2.29. The number of hydrogen-bond acceptors (Lipinski definition) is 3. The maximum absolute atomic E-state index is 12.2. The Morgan fingerprint density at radius 2 is 2.00 bits per heavy atom. The van der Waals surface area contributed by atoms with Gasteiger partial charge in [0.2, 0.25) is 0 Å². The van der Waals surface area contributed by atoms with E-state index in [1.54, 1.807) is 24.1 Å². The number of amides is 2. The minimum atomic E-state index is -0.163. The summed E-state index contributed by atoms with van der Waals surface area (Å²) in [6.07, 6.45) is 0. The van der Waals surface area contributed by atoms with E-state index < -0.39 is 0 Å². The molecule has 2 aromatic carbocycles. The van der Waals surface area contributed by atoms with Gasteiger partial charge in [-0.25, -0.2) is 4.79 Å². The number of benzene rings is 2. The molecule has 2 N–H and O–H groups in total. The Morgan fingerprint density at radius 3 is 2.65 bits per heavy atom. The summed E-state index contributed by atoms with van der Waals surface area (Å²) >= 11 is 0. The highest BCUT2D eigenvalue weighted by molar-refractivity contribution is 5.73. The molecule has 0 unspecified atom stereocenters. The van der Waals surface area contributed by atoms with Crippen LogP contribution in [0.5, 0.6) is 11.5 Å². The van der Waals surface area contributed by atoms with E-state index in [4.69, 9.17) is 4.74 Å². The number of carbonyl (C=O) groups is 1. The highest BCUT2D eigenvalue weighted by atomic mass is 16.5. The van der Waals surface area contributed by atoms with Gasteiger partial charge >= 0.3 is 6.03 Å². The van der Waals surface area contributed by atoms with E-state index in [0.29, 0.717) is 18.8 Å². The molecule has 0 saturated carbocycles. The van der Waals surface area contributed by atoms with Gasteiger partial charge in [0, 0.05) is 20.1 Å². The van der Waals surface area contributed by atoms with Crippen LogP contribution < -0.4 is 10.1 Å². The van der Waals surface area contributed by atoms with Gasteiger partial charge in [-0.15, -0.1) is 0 Å². The Kier molecular flexibility index (Phi) is 5.46. The molecule has 5 nitrogen and oxygen atoms in total. The standard InChI is InChI=1S/C18H22N2O3/c1-13-6-4-5-7-15(13)11-19-18(22)20(2)12-14-8-9-17(23-3)16(21)10-14/h4-10,21H,11-12H2,1-3H3,(H,19,22). The number of phenols is 1. The number of urea groups is 1. The number of methoxy groups -OCH3 is 1. The van der Waals surface area contributed by atoms with Crippen molar-refractivity contribution >= 4 is 6.03 Å². The number of carbonyl (C=O) groups excluding carboxylic acids is 1. The van der Waals surface area contributed by atoms with E-state index in [9.17, 15) is 9.90 Å². The minimum Gasteiger partial charge on any atom is -0.504 e. The highest BCUT2D eigenvalue weighted by Gasteiger charge is 2.11. The summed E-state index contributed by atoms with van der Waals surface area (Å²) < 4.78 is 5.01. The lowest BCUT2D eigenvalue weighted by Crippen LogP contribution is -2.36. The maximum atomic E-state index is 12.2. The van der Waals surface area contributed by atoms with Crippen LogP contribution in [0.2, 0.25) is 0 Å². The van der Waals surface area contributed by atoms with E-state index in [-0.39, 0.29) is 11.8 Å². The van der Waals surface area contributed by atoms with Crippen molar-refractivity contribution in [2.75, 3.05) is 14.2 Å². The fourth-order valence-electron chi connectivity index (χ4n) is 2.29. The zero-order valence-corrected chi connectivity index (χ0v) is 13.7. The van der Waals surface area contributed by atoms with Crippen molar-refractivity contribution in [3.63, 3.8) is 0 Å². The summed E-state index contributed by atoms with van der Waals surface area (Å²) in [4.78, 5) is 13.7. The molecular weight excluding hydrogens is 292 g/mol. The van der Waals surface area contributed by atoms with E-state index in [1.807, 2.05) is 37.3 Å². The molecule has 0 saturated heterocycles. The Labute approximate surface area is 136 Å². The van der Waals surface area contributed by atoms with Crippen molar-refractivity contribution in [2.45, 2.75) is 20.0 Å². The van der Waals surface area contributed by atoms with Gasteiger partial charge in [0.05, 0.1) is 7.11 Å². The van der Waals surface area contributed by atoms with Gasteiger partial charge in [0.25, 0.3) is 0 Å². The van der Waals surface area contributed by atoms with E-state index in [0.717, 1.165) is 16.7 Å². The average molecular weight is 314 g/mol. The van der Waals surface area contributed by atoms with Crippen LogP contribution in [-0.4, -0.2) is 30.2 Å². The Bertz CT molecular complexity index is 686. The quantitative estimate of drug-likeness (QED) is 0.891. The van der Waals surface area contributed by atoms with E-state index in [2.05, 4.69) is 5.32 Å². The van der Waals surface area contributed by atoms with Crippen molar-refractivity contribution < 1.29 is 14.6 Å². The second-order valence-electron chi connectivity index (χ2n) is 5.45. The second-order valence-corrected chi connectivity index (χ2v) is 5.45. The van der Waals surface area contributed by atoms with Crippen LogP contribution in [0.4, 0.5) is 4.79 Å². The summed E-state index contributed by atoms with van der Waals surface area (Å²) in [6.45, 7) is 2.91.